The molecule has 0 aromatic rings. The molecule has 44 heavy (non-hydrogen) atoms. The van der Waals surface area contributed by atoms with Crippen LogP contribution < -0.4 is 0 Å². The Labute approximate surface area is 296 Å². The largest absolute Gasteiger partial charge is 0.673 e. The van der Waals surface area contributed by atoms with Gasteiger partial charge in [0.25, 0.3) is 0 Å². The zero-order valence-corrected chi connectivity index (χ0v) is 32.9. The monoisotopic (exact) mass is 908 g/mol. The van der Waals surface area contributed by atoms with E-state index < -0.39 is 57.7 Å². The molecule has 0 unspecified atom stereocenters. The van der Waals surface area contributed by atoms with Gasteiger partial charge in [0.1, 0.15) is 0 Å². The van der Waals surface area contributed by atoms with E-state index in [0.29, 0.717) is 0 Å². The topological polar surface area (TPSA) is 68.3 Å². The summed E-state index contributed by atoms with van der Waals surface area (Å²) in [5.41, 5.74) is 0. The smallest absolute Gasteiger partial charge is 0.418 e. The van der Waals surface area contributed by atoms with E-state index in [-0.39, 0.29) is 39.0 Å². The minimum Gasteiger partial charge on any atom is -0.418 e. The van der Waals surface area contributed by atoms with E-state index in [1.165, 1.54) is 51.4 Å². The average Bonchev–Trinajstić information content (AvgIpc) is 2.62. The Balaban J connectivity index is -0.0000000570. The normalized spacial score (nSPS) is 16.1. The molecule has 0 heterocycles. The Bertz CT molecular complexity index is 635. The molecule has 2 aliphatic rings. The summed E-state index contributed by atoms with van der Waals surface area (Å²) < 4.78 is 116. The van der Waals surface area contributed by atoms with Gasteiger partial charge in [-0.05, 0) is 51.4 Å². The second-order valence-electron chi connectivity index (χ2n) is 8.15. The van der Waals surface area contributed by atoms with Crippen LogP contribution in [0.3, 0.4) is 0 Å². The van der Waals surface area contributed by atoms with Gasteiger partial charge in [0.2, 0.25) is 0 Å². The van der Waals surface area contributed by atoms with Gasteiger partial charge < -0.3 is 34.5 Å². The van der Waals surface area contributed by atoms with Crippen molar-refractivity contribution in [2.45, 2.75) is 51.4 Å². The number of rotatable bonds is 0. The van der Waals surface area contributed by atoms with Crippen LogP contribution in [0.15, 0.2) is 48.6 Å². The van der Waals surface area contributed by atoms with Crippen molar-refractivity contribution in [3.05, 3.63) is 48.6 Å². The number of halogens is 8. The number of hydrogen-bond acceptors (Lipinski definition) is 4. The molecule has 4 nitrogen and oxygen atoms in total. The molecule has 0 aromatic heterocycles. The molecular weight excluding hydrogens is 860 g/mol. The van der Waals surface area contributed by atoms with Crippen LogP contribution in [-0.4, -0.2) is 81.4 Å². The summed E-state index contributed by atoms with van der Waals surface area (Å²) in [5.74, 6) is 0. The van der Waals surface area contributed by atoms with Gasteiger partial charge in [0, 0.05) is 132 Å². The molecule has 0 atom stereocenters. The van der Waals surface area contributed by atoms with Gasteiger partial charge in [0.15, 0.2) is 0 Å². The van der Waals surface area contributed by atoms with E-state index in [9.17, 15) is 51.4 Å². The van der Waals surface area contributed by atoms with E-state index in [0.717, 1.165) is 0 Å². The van der Waals surface area contributed by atoms with Crippen molar-refractivity contribution < 1.29 is 90.3 Å². The van der Waals surface area contributed by atoms with Gasteiger partial charge in [-0.15, -0.1) is 0 Å². The van der Waals surface area contributed by atoms with E-state index in [1.54, 1.807) is 50.0 Å². The van der Waals surface area contributed by atoms with E-state index in [1.807, 2.05) is 0 Å². The third-order valence-electron chi connectivity index (χ3n) is 2.67. The van der Waals surface area contributed by atoms with Crippen molar-refractivity contribution in [2.75, 3.05) is 50.0 Å². The van der Waals surface area contributed by atoms with E-state index >= 15 is 0 Å². The summed E-state index contributed by atoms with van der Waals surface area (Å²) >= 11 is 0. The maximum absolute atomic E-state index is 9.75. The quantitative estimate of drug-likeness (QED) is 0.141. The van der Waals surface area contributed by atoms with Crippen molar-refractivity contribution >= 4 is 57.7 Å². The summed E-state index contributed by atoms with van der Waals surface area (Å²) in [5, 5.41) is 0. The van der Waals surface area contributed by atoms with Gasteiger partial charge >= 0.3 is 14.5 Å². The minimum absolute atomic E-state index is 0. The molecule has 0 spiro atoms. The fourth-order valence-corrected chi connectivity index (χ4v) is 1.71. The van der Waals surface area contributed by atoms with E-state index in [4.69, 9.17) is 0 Å². The van der Waals surface area contributed by atoms with E-state index in [2.05, 4.69) is 48.6 Å². The van der Waals surface area contributed by atoms with Crippen molar-refractivity contribution in [1.82, 2.24) is 0 Å². The molecule has 0 fully saturated rings. The van der Waals surface area contributed by atoms with Crippen LogP contribution in [0.4, 0.5) is 34.5 Å². The van der Waals surface area contributed by atoms with Crippen molar-refractivity contribution in [3.8, 4) is 0 Å². The predicted molar refractivity (Wildman–Crippen MR) is 174 cm³/mol. The van der Waals surface area contributed by atoms with Crippen LogP contribution in [0.25, 0.3) is 0 Å². The number of allylic oxidation sites excluding steroid dienone is 8. The molecule has 20 heteroatoms. The van der Waals surface area contributed by atoms with Crippen LogP contribution in [0.5, 0.6) is 0 Å². The Morgan fingerprint density at radius 3 is 0.432 bits per heavy atom. The van der Waals surface area contributed by atoms with Crippen molar-refractivity contribution in [1.29, 1.82) is 0 Å². The first-order chi connectivity index (χ1) is 18.9. The first kappa shape index (κ1) is 63.1. The van der Waals surface area contributed by atoms with Gasteiger partial charge in [-0.1, -0.05) is 48.6 Å². The maximum Gasteiger partial charge on any atom is 0.673 e. The molecule has 0 aromatic carbocycles. The Morgan fingerprint density at radius 2 is 0.386 bits per heavy atom. The molecule has 0 amide bonds. The van der Waals surface area contributed by atoms with Gasteiger partial charge in [-0.3, -0.25) is 16.8 Å². The van der Waals surface area contributed by atoms with Crippen LogP contribution in [0.2, 0.25) is 0 Å². The van der Waals surface area contributed by atoms with Crippen molar-refractivity contribution in [3.63, 3.8) is 0 Å². The molecule has 2 aliphatic carbocycles. The standard InChI is InChI=1S/2C8H12.4C2H6OS.2BF4.2Rh/c2*1-2-4-6-8-7-5-3-1;4*1-4(2)3;2*2-1(3,4)5;;/h2*1-2,7-8H,3-6H2;4*1-2H3;;;;/q;;;;;;2*-1;;/b2*2-1-,8-7-;;;;;;;;. The first-order valence-corrected chi connectivity index (χ1v) is 20.1. The molecule has 0 N–H and O–H groups in total. The van der Waals surface area contributed by atoms with Crippen LogP contribution in [0.1, 0.15) is 51.4 Å². The molecule has 2 radical (unpaired) electrons. The van der Waals surface area contributed by atoms with Crippen LogP contribution in [0, 0.1) is 0 Å². The summed E-state index contributed by atoms with van der Waals surface area (Å²) in [4.78, 5) is 0. The molecule has 0 saturated heterocycles. The maximum atomic E-state index is 9.75. The molecule has 274 valence electrons. The summed E-state index contributed by atoms with van der Waals surface area (Å²) in [7, 11) is -14.4. The molecule has 0 aliphatic heterocycles. The summed E-state index contributed by atoms with van der Waals surface area (Å²) in [6.07, 6.45) is 41.1. The third-order valence-corrected chi connectivity index (χ3v) is 2.67. The average molecular weight is 908 g/mol. The second kappa shape index (κ2) is 47.8. The molecule has 2 rings (SSSR count). The Hall–Kier alpha value is 0.377. The first-order valence-electron chi connectivity index (χ1n) is 12.3. The zero-order chi connectivity index (χ0) is 34.6. The predicted octanol–water partition coefficient (Wildman–Crippen LogP) is 7.92. The Morgan fingerprint density at radius 1 is 0.341 bits per heavy atom. The molecular formula is C24H48B2F8O4Rh2S4-2. The second-order valence-corrected chi connectivity index (χ2v) is 14.1. The van der Waals surface area contributed by atoms with Crippen molar-refractivity contribution in [2.24, 2.45) is 0 Å². The fraction of sp³-hybridized carbons (Fsp3) is 0.667. The Kier molecular flexibility index (Phi) is 68.5. The van der Waals surface area contributed by atoms with Gasteiger partial charge in [0.05, 0.1) is 0 Å². The minimum atomic E-state index is -6.00. The van der Waals surface area contributed by atoms with Crippen LogP contribution >= 0.6 is 0 Å². The van der Waals surface area contributed by atoms with Crippen LogP contribution in [-0.2, 0) is 82.2 Å². The SMILES string of the molecule is C1=C\CC/C=C\CC/1.C1=C\CC/C=C\CC/1.CS(C)=O.CS(C)=O.CS(C)=O.CS(C)=O.F[B-](F)(F)F.F[B-](F)(F)F.[Rh].[Rh]. The molecule has 0 saturated carbocycles. The van der Waals surface area contributed by atoms with Gasteiger partial charge in [-0.2, -0.15) is 0 Å². The zero-order valence-electron chi connectivity index (χ0n) is 26.4. The summed E-state index contributed by atoms with van der Waals surface area (Å²) in [6, 6.07) is 0. The molecule has 0 bridgehead atoms. The fourth-order valence-electron chi connectivity index (χ4n) is 1.71. The number of hydrogen-bond donors (Lipinski definition) is 0. The van der Waals surface area contributed by atoms with Gasteiger partial charge in [-0.25, -0.2) is 0 Å². The summed E-state index contributed by atoms with van der Waals surface area (Å²) in [6.45, 7) is 0. The third kappa shape index (κ3) is 271.